The highest BCUT2D eigenvalue weighted by atomic mass is 16.3. The highest BCUT2D eigenvalue weighted by Crippen LogP contribution is 2.29. The van der Waals surface area contributed by atoms with Crippen LogP contribution in [-0.2, 0) is 0 Å². The number of fused-ring (bicyclic) bond motifs is 1. The summed E-state index contributed by atoms with van der Waals surface area (Å²) in [7, 11) is 0. The second kappa shape index (κ2) is 4.04. The van der Waals surface area contributed by atoms with Gasteiger partial charge in [-0.15, -0.1) is 0 Å². The number of H-pyrrole nitrogens is 1. The molecule has 18 heavy (non-hydrogen) atoms. The van der Waals surface area contributed by atoms with E-state index >= 15 is 0 Å². The summed E-state index contributed by atoms with van der Waals surface area (Å²) in [4.78, 5) is 7.67. The molecule has 3 heteroatoms. The number of aromatic nitrogens is 2. The number of aromatic hydroxyl groups is 1. The van der Waals surface area contributed by atoms with Crippen molar-refractivity contribution in [3.63, 3.8) is 0 Å². The zero-order valence-electron chi connectivity index (χ0n) is 9.72. The molecule has 0 aliphatic heterocycles. The lowest BCUT2D eigenvalue weighted by molar-refractivity contribution is 0.477. The standard InChI is InChI=1S/C15H12N2O/c1-2-10-7-8-14(18)11(9-10)15-16-12-5-3-4-6-13(12)17-15/h2-9,18H,1H2,(H,16,17). The number of aromatic amines is 1. The first-order chi connectivity index (χ1) is 8.78. The summed E-state index contributed by atoms with van der Waals surface area (Å²) in [5, 5.41) is 9.91. The van der Waals surface area contributed by atoms with Gasteiger partial charge < -0.3 is 10.1 Å². The van der Waals surface area contributed by atoms with E-state index in [2.05, 4.69) is 16.5 Å². The first-order valence-electron chi connectivity index (χ1n) is 5.68. The van der Waals surface area contributed by atoms with Crippen LogP contribution in [0.25, 0.3) is 28.5 Å². The van der Waals surface area contributed by atoms with Crippen LogP contribution in [0.4, 0.5) is 0 Å². The lowest BCUT2D eigenvalue weighted by atomic mass is 10.1. The Morgan fingerprint density at radius 1 is 1.17 bits per heavy atom. The van der Waals surface area contributed by atoms with Gasteiger partial charge in [0.2, 0.25) is 0 Å². The summed E-state index contributed by atoms with van der Waals surface area (Å²) in [5.74, 6) is 0.872. The molecule has 0 atom stereocenters. The van der Waals surface area contributed by atoms with Crippen molar-refractivity contribution in [1.82, 2.24) is 9.97 Å². The van der Waals surface area contributed by atoms with E-state index in [9.17, 15) is 5.11 Å². The molecule has 2 N–H and O–H groups in total. The average Bonchev–Trinajstić information content (AvgIpc) is 2.82. The van der Waals surface area contributed by atoms with E-state index in [-0.39, 0.29) is 5.75 Å². The van der Waals surface area contributed by atoms with Crippen molar-refractivity contribution < 1.29 is 5.11 Å². The second-order valence-electron chi connectivity index (χ2n) is 4.08. The normalized spacial score (nSPS) is 10.7. The number of hydrogen-bond donors (Lipinski definition) is 2. The number of phenols is 1. The van der Waals surface area contributed by atoms with Gasteiger partial charge in [-0.1, -0.05) is 30.9 Å². The molecule has 0 radical (unpaired) electrons. The molecule has 0 fully saturated rings. The van der Waals surface area contributed by atoms with Crippen molar-refractivity contribution >= 4 is 17.1 Å². The highest BCUT2D eigenvalue weighted by molar-refractivity contribution is 5.81. The van der Waals surface area contributed by atoms with E-state index in [0.717, 1.165) is 16.6 Å². The van der Waals surface area contributed by atoms with E-state index in [4.69, 9.17) is 0 Å². The molecule has 0 spiro atoms. The zero-order chi connectivity index (χ0) is 12.5. The first kappa shape index (κ1) is 10.6. The Morgan fingerprint density at radius 3 is 2.78 bits per heavy atom. The van der Waals surface area contributed by atoms with Crippen molar-refractivity contribution in [3.05, 3.63) is 54.6 Å². The largest absolute Gasteiger partial charge is 0.507 e. The summed E-state index contributed by atoms with van der Waals surface area (Å²) in [5.41, 5.74) is 3.47. The van der Waals surface area contributed by atoms with Crippen LogP contribution in [0.1, 0.15) is 5.56 Å². The van der Waals surface area contributed by atoms with Crippen molar-refractivity contribution in [2.45, 2.75) is 0 Å². The van der Waals surface area contributed by atoms with Gasteiger partial charge in [0.25, 0.3) is 0 Å². The van der Waals surface area contributed by atoms with Crippen molar-refractivity contribution in [3.8, 4) is 17.1 Å². The van der Waals surface area contributed by atoms with Gasteiger partial charge in [0, 0.05) is 0 Å². The van der Waals surface area contributed by atoms with Crippen LogP contribution in [0, 0.1) is 0 Å². The molecule has 1 aromatic heterocycles. The minimum atomic E-state index is 0.208. The van der Waals surface area contributed by atoms with Crippen LogP contribution in [0.15, 0.2) is 49.0 Å². The maximum absolute atomic E-state index is 9.91. The summed E-state index contributed by atoms with van der Waals surface area (Å²) >= 11 is 0. The molecule has 0 saturated carbocycles. The number of para-hydroxylation sites is 2. The van der Waals surface area contributed by atoms with Crippen LogP contribution in [0.5, 0.6) is 5.75 Å². The number of hydrogen-bond acceptors (Lipinski definition) is 2. The Balaban J connectivity index is 2.21. The predicted molar refractivity (Wildman–Crippen MR) is 73.3 cm³/mol. The van der Waals surface area contributed by atoms with Crippen LogP contribution in [-0.4, -0.2) is 15.1 Å². The molecule has 0 bridgehead atoms. The molecule has 88 valence electrons. The van der Waals surface area contributed by atoms with E-state index in [0.29, 0.717) is 11.4 Å². The number of benzene rings is 2. The van der Waals surface area contributed by atoms with Gasteiger partial charge in [-0.05, 0) is 29.8 Å². The van der Waals surface area contributed by atoms with Gasteiger partial charge in [0.1, 0.15) is 11.6 Å². The Morgan fingerprint density at radius 2 is 2.00 bits per heavy atom. The minimum absolute atomic E-state index is 0.208. The number of imidazole rings is 1. The predicted octanol–water partition coefficient (Wildman–Crippen LogP) is 3.58. The van der Waals surface area contributed by atoms with E-state index in [1.807, 2.05) is 36.4 Å². The van der Waals surface area contributed by atoms with Crippen molar-refractivity contribution in [2.75, 3.05) is 0 Å². The van der Waals surface area contributed by atoms with Gasteiger partial charge in [0.05, 0.1) is 16.6 Å². The van der Waals surface area contributed by atoms with Crippen LogP contribution < -0.4 is 0 Å². The fourth-order valence-corrected chi connectivity index (χ4v) is 1.95. The molecule has 1 heterocycles. The van der Waals surface area contributed by atoms with Gasteiger partial charge in [0.15, 0.2) is 0 Å². The van der Waals surface area contributed by atoms with Crippen molar-refractivity contribution in [2.24, 2.45) is 0 Å². The Bertz CT molecular complexity index is 695. The summed E-state index contributed by atoms with van der Waals surface area (Å²) < 4.78 is 0. The SMILES string of the molecule is C=Cc1ccc(O)c(-c2nc3ccccc3[nH]2)c1. The van der Waals surface area contributed by atoms with E-state index < -0.39 is 0 Å². The highest BCUT2D eigenvalue weighted by Gasteiger charge is 2.09. The third kappa shape index (κ3) is 1.66. The Kier molecular flexibility index (Phi) is 2.38. The molecular weight excluding hydrogens is 224 g/mol. The monoisotopic (exact) mass is 236 g/mol. The topological polar surface area (TPSA) is 48.9 Å². The lowest BCUT2D eigenvalue weighted by Crippen LogP contribution is -1.83. The third-order valence-electron chi connectivity index (χ3n) is 2.90. The average molecular weight is 236 g/mol. The number of nitrogens with zero attached hydrogens (tertiary/aromatic N) is 1. The Hall–Kier alpha value is -2.55. The molecule has 3 rings (SSSR count). The molecule has 0 saturated heterocycles. The number of phenolic OH excluding ortho intramolecular Hbond substituents is 1. The fraction of sp³-hybridized carbons (Fsp3) is 0. The number of nitrogens with one attached hydrogen (secondary N) is 1. The summed E-state index contributed by atoms with van der Waals surface area (Å²) in [6.07, 6.45) is 1.74. The number of rotatable bonds is 2. The molecule has 3 nitrogen and oxygen atoms in total. The smallest absolute Gasteiger partial charge is 0.142 e. The molecule has 2 aromatic carbocycles. The zero-order valence-corrected chi connectivity index (χ0v) is 9.72. The maximum atomic E-state index is 9.91. The van der Waals surface area contributed by atoms with Crippen LogP contribution in [0.3, 0.4) is 0 Å². The van der Waals surface area contributed by atoms with Crippen LogP contribution >= 0.6 is 0 Å². The molecule has 0 unspecified atom stereocenters. The maximum Gasteiger partial charge on any atom is 0.142 e. The molecule has 0 aliphatic carbocycles. The summed E-state index contributed by atoms with van der Waals surface area (Å²) in [6, 6.07) is 13.1. The quantitative estimate of drug-likeness (QED) is 0.714. The van der Waals surface area contributed by atoms with Gasteiger partial charge in [-0.3, -0.25) is 0 Å². The van der Waals surface area contributed by atoms with Crippen molar-refractivity contribution in [1.29, 1.82) is 0 Å². The third-order valence-corrected chi connectivity index (χ3v) is 2.90. The van der Waals surface area contributed by atoms with Gasteiger partial charge in [-0.2, -0.15) is 0 Å². The van der Waals surface area contributed by atoms with Gasteiger partial charge >= 0.3 is 0 Å². The second-order valence-corrected chi connectivity index (χ2v) is 4.08. The van der Waals surface area contributed by atoms with E-state index in [1.54, 1.807) is 12.1 Å². The minimum Gasteiger partial charge on any atom is -0.507 e. The van der Waals surface area contributed by atoms with E-state index in [1.165, 1.54) is 0 Å². The Labute approximate surface area is 104 Å². The first-order valence-corrected chi connectivity index (χ1v) is 5.68. The molecule has 0 aliphatic rings. The van der Waals surface area contributed by atoms with Crippen LogP contribution in [0.2, 0.25) is 0 Å². The summed E-state index contributed by atoms with van der Waals surface area (Å²) in [6.45, 7) is 3.73. The fourth-order valence-electron chi connectivity index (χ4n) is 1.95. The molecule has 0 amide bonds. The molecular formula is C15H12N2O. The van der Waals surface area contributed by atoms with Gasteiger partial charge in [-0.25, -0.2) is 4.98 Å². The molecule has 3 aromatic rings. The lowest BCUT2D eigenvalue weighted by Gasteiger charge is -2.02.